The molecule has 0 aliphatic carbocycles. The van der Waals surface area contributed by atoms with E-state index < -0.39 is 46.9 Å². The van der Waals surface area contributed by atoms with Crippen molar-refractivity contribution in [1.82, 2.24) is 20.9 Å². The number of carbonyl (C=O) groups excluding carboxylic acids is 4. The third-order valence-electron chi connectivity index (χ3n) is 7.46. The number of aryl methyl sites for hydroxylation is 1. The molecule has 1 heterocycles. The summed E-state index contributed by atoms with van der Waals surface area (Å²) >= 11 is 1.45. The van der Waals surface area contributed by atoms with Crippen LogP contribution in [-0.4, -0.2) is 75.8 Å². The zero-order chi connectivity index (χ0) is 31.0. The van der Waals surface area contributed by atoms with Gasteiger partial charge in [0, 0.05) is 11.3 Å². The van der Waals surface area contributed by atoms with Crippen LogP contribution in [0.15, 0.2) is 54.6 Å². The third-order valence-corrected chi connectivity index (χ3v) is 8.83. The molecule has 4 amide bonds. The number of thioether (sulfide) groups is 1. The molecule has 228 valence electrons. The Hall–Kier alpha value is -3.57. The first kappa shape index (κ1) is 32.9. The zero-order valence-corrected chi connectivity index (χ0v) is 25.9. The molecule has 1 saturated heterocycles. The van der Waals surface area contributed by atoms with Gasteiger partial charge in [-0.05, 0) is 49.8 Å². The highest BCUT2D eigenvalue weighted by molar-refractivity contribution is 8.00. The lowest BCUT2D eigenvalue weighted by Gasteiger charge is -2.34. The van der Waals surface area contributed by atoms with Crippen molar-refractivity contribution >= 4 is 35.6 Å². The summed E-state index contributed by atoms with van der Waals surface area (Å²) in [6.07, 6.45) is -2.27. The van der Waals surface area contributed by atoms with Crippen LogP contribution in [0.25, 0.3) is 0 Å². The Morgan fingerprint density at radius 1 is 1.05 bits per heavy atom. The fourth-order valence-corrected chi connectivity index (χ4v) is 6.09. The number of ether oxygens (including phenoxy) is 1. The second-order valence-corrected chi connectivity index (χ2v) is 12.9. The molecule has 0 spiro atoms. The fourth-order valence-electron chi connectivity index (χ4n) is 4.95. The highest BCUT2D eigenvalue weighted by atomic mass is 32.2. The molecule has 42 heavy (non-hydrogen) atoms. The van der Waals surface area contributed by atoms with Crippen LogP contribution in [0, 0.1) is 12.8 Å². The maximum absolute atomic E-state index is 13.9. The van der Waals surface area contributed by atoms with E-state index in [4.69, 9.17) is 0 Å². The van der Waals surface area contributed by atoms with Crippen LogP contribution in [-0.2, 0) is 32.1 Å². The fraction of sp³-hybridized carbons (Fsp3) is 0.484. The van der Waals surface area contributed by atoms with Crippen molar-refractivity contribution in [2.24, 2.45) is 5.92 Å². The summed E-state index contributed by atoms with van der Waals surface area (Å²) in [7, 11) is 1.20. The summed E-state index contributed by atoms with van der Waals surface area (Å²) in [5.74, 6) is -1.64. The van der Waals surface area contributed by atoms with Crippen LogP contribution in [0.2, 0.25) is 0 Å². The van der Waals surface area contributed by atoms with Crippen molar-refractivity contribution in [2.45, 2.75) is 76.6 Å². The molecule has 11 heteroatoms. The van der Waals surface area contributed by atoms with Crippen molar-refractivity contribution in [3.8, 4) is 0 Å². The monoisotopic (exact) mass is 598 g/mol. The molecule has 0 saturated carbocycles. The Morgan fingerprint density at radius 2 is 1.69 bits per heavy atom. The van der Waals surface area contributed by atoms with Gasteiger partial charge in [0.25, 0.3) is 5.91 Å². The van der Waals surface area contributed by atoms with Gasteiger partial charge in [-0.15, -0.1) is 11.8 Å². The molecule has 4 N–H and O–H groups in total. The van der Waals surface area contributed by atoms with Gasteiger partial charge < -0.3 is 30.7 Å². The van der Waals surface area contributed by atoms with Gasteiger partial charge in [-0.2, -0.15) is 0 Å². The number of hydrogen-bond acceptors (Lipinski definition) is 7. The number of aliphatic hydroxyl groups excluding tert-OH is 1. The summed E-state index contributed by atoms with van der Waals surface area (Å²) < 4.78 is 4.05. The Kier molecular flexibility index (Phi) is 11.4. The lowest BCUT2D eigenvalue weighted by Crippen LogP contribution is -2.60. The zero-order valence-electron chi connectivity index (χ0n) is 25.0. The molecule has 1 aliphatic rings. The van der Waals surface area contributed by atoms with Crippen LogP contribution in [0.1, 0.15) is 44.4 Å². The number of carbonyl (C=O) groups is 4. The minimum Gasteiger partial charge on any atom is -0.453 e. The van der Waals surface area contributed by atoms with Crippen molar-refractivity contribution in [2.75, 3.05) is 13.0 Å². The lowest BCUT2D eigenvalue weighted by molar-refractivity contribution is -0.148. The van der Waals surface area contributed by atoms with E-state index in [2.05, 4.69) is 20.7 Å². The molecule has 3 rings (SSSR count). The van der Waals surface area contributed by atoms with Crippen LogP contribution in [0.5, 0.6) is 0 Å². The van der Waals surface area contributed by atoms with E-state index in [-0.39, 0.29) is 24.1 Å². The summed E-state index contributed by atoms with van der Waals surface area (Å²) in [5.41, 5.74) is 2.81. The van der Waals surface area contributed by atoms with Crippen LogP contribution < -0.4 is 16.0 Å². The van der Waals surface area contributed by atoms with Gasteiger partial charge >= 0.3 is 6.09 Å². The van der Waals surface area contributed by atoms with E-state index >= 15 is 0 Å². The minimum absolute atomic E-state index is 0.150. The molecule has 0 radical (unpaired) electrons. The van der Waals surface area contributed by atoms with Crippen molar-refractivity contribution < 1.29 is 29.0 Å². The second-order valence-electron chi connectivity index (χ2n) is 11.3. The van der Waals surface area contributed by atoms with Crippen LogP contribution >= 0.6 is 11.8 Å². The standard InChI is InChI=1S/C31H42N4O6S/c1-19(2)24(34-30(40)41-6)27(37)33-23(16-21-13-8-7-9-14-21)25(36)29(39)35-18-42-31(4,5)26(35)28(38)32-17-22-15-11-10-12-20(22)3/h7-15,19,23-26,36H,16-18H2,1-6H3,(H,32,38)(H,33,37)(H,34,40)/t23-,24?,25-,26?/m0/s1. The SMILES string of the molecule is COC(=O)NC(C(=O)N[C@@H](Cc1ccccc1)[C@H](O)C(=O)N1CSC(C)(C)C1C(=O)NCc1ccccc1C)C(C)C. The molecule has 1 fully saturated rings. The van der Waals surface area contributed by atoms with Gasteiger partial charge in [-0.25, -0.2) is 4.79 Å². The maximum Gasteiger partial charge on any atom is 0.407 e. The maximum atomic E-state index is 13.9. The lowest BCUT2D eigenvalue weighted by atomic mass is 9.96. The number of benzene rings is 2. The first-order valence-electron chi connectivity index (χ1n) is 14.0. The topological polar surface area (TPSA) is 137 Å². The first-order valence-corrected chi connectivity index (χ1v) is 15.0. The van der Waals surface area contributed by atoms with Gasteiger partial charge in [0.1, 0.15) is 12.1 Å². The van der Waals surface area contributed by atoms with E-state index in [9.17, 15) is 24.3 Å². The largest absolute Gasteiger partial charge is 0.453 e. The predicted molar refractivity (Wildman–Crippen MR) is 162 cm³/mol. The van der Waals surface area contributed by atoms with E-state index in [1.807, 2.05) is 75.4 Å². The number of rotatable bonds is 11. The normalized spacial score (nSPS) is 18.1. The van der Waals surface area contributed by atoms with E-state index in [0.717, 1.165) is 16.7 Å². The van der Waals surface area contributed by atoms with Crippen molar-refractivity contribution in [3.05, 3.63) is 71.3 Å². The number of nitrogens with zero attached hydrogens (tertiary/aromatic N) is 1. The van der Waals surface area contributed by atoms with Gasteiger partial charge in [0.05, 0.1) is 19.0 Å². The Labute approximate surface area is 252 Å². The number of amides is 4. The minimum atomic E-state index is -1.65. The summed E-state index contributed by atoms with van der Waals surface area (Å²) in [5, 5.41) is 19.7. The second kappa shape index (κ2) is 14.6. The van der Waals surface area contributed by atoms with Crippen LogP contribution in [0.3, 0.4) is 0 Å². The summed E-state index contributed by atoms with van der Waals surface area (Å²) in [6.45, 7) is 9.59. The number of nitrogens with one attached hydrogen (secondary N) is 3. The molecule has 1 aliphatic heterocycles. The molecule has 2 aromatic carbocycles. The molecule has 10 nitrogen and oxygen atoms in total. The average Bonchev–Trinajstić information content (AvgIpc) is 3.28. The number of methoxy groups -OCH3 is 1. The molecule has 2 aromatic rings. The summed E-state index contributed by atoms with van der Waals surface area (Å²) in [4.78, 5) is 53.9. The van der Waals surface area contributed by atoms with Crippen molar-refractivity contribution in [3.63, 3.8) is 0 Å². The van der Waals surface area contributed by atoms with Gasteiger partial charge in [-0.1, -0.05) is 68.4 Å². The van der Waals surface area contributed by atoms with Gasteiger partial charge in [0.2, 0.25) is 11.8 Å². The molecule has 0 aromatic heterocycles. The number of alkyl carbamates (subject to hydrolysis) is 1. The van der Waals surface area contributed by atoms with Gasteiger partial charge in [-0.3, -0.25) is 14.4 Å². The molecule has 4 atom stereocenters. The number of aliphatic hydroxyl groups is 1. The smallest absolute Gasteiger partial charge is 0.407 e. The Morgan fingerprint density at radius 3 is 2.31 bits per heavy atom. The van der Waals surface area contributed by atoms with Gasteiger partial charge in [0.15, 0.2) is 6.10 Å². The molecule has 2 unspecified atom stereocenters. The van der Waals surface area contributed by atoms with E-state index in [1.165, 1.54) is 23.8 Å². The third kappa shape index (κ3) is 8.25. The Bertz CT molecular complexity index is 1250. The van der Waals surface area contributed by atoms with E-state index in [1.54, 1.807) is 13.8 Å². The van der Waals surface area contributed by atoms with E-state index in [0.29, 0.717) is 6.54 Å². The predicted octanol–water partition coefficient (Wildman–Crippen LogP) is 2.76. The highest BCUT2D eigenvalue weighted by Crippen LogP contribution is 2.40. The highest BCUT2D eigenvalue weighted by Gasteiger charge is 2.50. The molecular formula is C31H42N4O6S. The van der Waals surface area contributed by atoms with Crippen molar-refractivity contribution in [1.29, 1.82) is 0 Å². The number of hydrogen-bond donors (Lipinski definition) is 4. The molecular weight excluding hydrogens is 556 g/mol. The quantitative estimate of drug-likeness (QED) is 0.312. The first-order chi connectivity index (χ1) is 19.9. The molecule has 0 bridgehead atoms. The summed E-state index contributed by atoms with van der Waals surface area (Å²) in [6, 6.07) is 14.1. The Balaban J connectivity index is 1.83. The average molecular weight is 599 g/mol. The van der Waals surface area contributed by atoms with Crippen LogP contribution in [0.4, 0.5) is 4.79 Å².